The fourth-order valence-corrected chi connectivity index (χ4v) is 2.98. The van der Waals surface area contributed by atoms with Crippen molar-refractivity contribution in [2.75, 3.05) is 19.7 Å². The van der Waals surface area contributed by atoms with Crippen LogP contribution >= 0.6 is 15.9 Å². The van der Waals surface area contributed by atoms with Crippen LogP contribution in [0.5, 0.6) is 0 Å². The Morgan fingerprint density at radius 1 is 1.48 bits per heavy atom. The molecule has 0 spiro atoms. The minimum absolute atomic E-state index is 0.222. The van der Waals surface area contributed by atoms with Gasteiger partial charge in [-0.2, -0.15) is 0 Å². The highest BCUT2D eigenvalue weighted by atomic mass is 79.9. The van der Waals surface area contributed by atoms with Crippen molar-refractivity contribution in [1.82, 2.24) is 9.88 Å². The number of hydrogen-bond acceptors (Lipinski definition) is 4. The highest BCUT2D eigenvalue weighted by molar-refractivity contribution is 9.10. The summed E-state index contributed by atoms with van der Waals surface area (Å²) in [6, 6.07) is 3.90. The SMILES string of the molecule is CC(C)(C)OC(=O)N1CCCC(COCc2ccnc(Br)c2)C1. The molecule has 1 aliphatic heterocycles. The zero-order valence-corrected chi connectivity index (χ0v) is 15.6. The summed E-state index contributed by atoms with van der Waals surface area (Å²) in [7, 11) is 0. The van der Waals surface area contributed by atoms with Crippen LogP contribution in [0.15, 0.2) is 22.9 Å². The summed E-state index contributed by atoms with van der Waals surface area (Å²) in [5.74, 6) is 0.363. The maximum Gasteiger partial charge on any atom is 0.410 e. The van der Waals surface area contributed by atoms with Gasteiger partial charge in [0.1, 0.15) is 10.2 Å². The third kappa shape index (κ3) is 6.47. The highest BCUT2D eigenvalue weighted by Crippen LogP contribution is 2.20. The van der Waals surface area contributed by atoms with E-state index in [4.69, 9.17) is 9.47 Å². The molecule has 0 bridgehead atoms. The fourth-order valence-electron chi connectivity index (χ4n) is 2.57. The van der Waals surface area contributed by atoms with Crippen LogP contribution in [0, 0.1) is 5.92 Å². The number of aromatic nitrogens is 1. The van der Waals surface area contributed by atoms with Crippen LogP contribution in [0.1, 0.15) is 39.2 Å². The second-order valence-electron chi connectivity index (χ2n) is 6.94. The Kier molecular flexibility index (Phi) is 6.41. The molecule has 1 amide bonds. The van der Waals surface area contributed by atoms with E-state index in [1.807, 2.05) is 32.9 Å². The number of carbonyl (C=O) groups is 1. The Hall–Kier alpha value is -1.14. The molecule has 0 N–H and O–H groups in total. The van der Waals surface area contributed by atoms with Crippen LogP contribution in [-0.4, -0.2) is 41.3 Å². The number of ether oxygens (including phenoxy) is 2. The Bertz CT molecular complexity index is 531. The number of halogens is 1. The van der Waals surface area contributed by atoms with Crippen molar-refractivity contribution in [3.8, 4) is 0 Å². The lowest BCUT2D eigenvalue weighted by atomic mass is 9.99. The topological polar surface area (TPSA) is 51.7 Å². The predicted octanol–water partition coefficient (Wildman–Crippen LogP) is 4.01. The molecule has 0 saturated carbocycles. The quantitative estimate of drug-likeness (QED) is 0.735. The molecule has 1 atom stereocenters. The molecule has 0 aliphatic carbocycles. The van der Waals surface area contributed by atoms with E-state index in [0.29, 0.717) is 25.7 Å². The maximum atomic E-state index is 12.1. The van der Waals surface area contributed by atoms with Crippen LogP contribution in [0.2, 0.25) is 0 Å². The summed E-state index contributed by atoms with van der Waals surface area (Å²) < 4.78 is 12.1. The van der Waals surface area contributed by atoms with E-state index >= 15 is 0 Å². The van der Waals surface area contributed by atoms with Gasteiger partial charge in [0, 0.05) is 25.2 Å². The zero-order valence-electron chi connectivity index (χ0n) is 14.0. The van der Waals surface area contributed by atoms with Crippen LogP contribution < -0.4 is 0 Å². The molecule has 1 aliphatic rings. The van der Waals surface area contributed by atoms with E-state index in [1.165, 1.54) is 0 Å². The van der Waals surface area contributed by atoms with Gasteiger partial charge in [0.15, 0.2) is 0 Å². The fraction of sp³-hybridized carbons (Fsp3) is 0.647. The Morgan fingerprint density at radius 2 is 2.26 bits per heavy atom. The molecule has 0 radical (unpaired) electrons. The summed E-state index contributed by atoms with van der Waals surface area (Å²) in [5.41, 5.74) is 0.640. The smallest absolute Gasteiger partial charge is 0.410 e. The third-order valence-corrected chi connectivity index (χ3v) is 4.02. The van der Waals surface area contributed by atoms with Gasteiger partial charge < -0.3 is 14.4 Å². The first kappa shape index (κ1) is 18.2. The van der Waals surface area contributed by atoms with Crippen molar-refractivity contribution in [3.05, 3.63) is 28.5 Å². The predicted molar refractivity (Wildman–Crippen MR) is 92.1 cm³/mol. The first-order valence-electron chi connectivity index (χ1n) is 7.99. The van der Waals surface area contributed by atoms with Gasteiger partial charge >= 0.3 is 6.09 Å². The van der Waals surface area contributed by atoms with E-state index in [0.717, 1.165) is 29.6 Å². The van der Waals surface area contributed by atoms with Gasteiger partial charge in [0.2, 0.25) is 0 Å². The molecule has 1 aromatic rings. The van der Waals surface area contributed by atoms with Crippen LogP contribution in [-0.2, 0) is 16.1 Å². The van der Waals surface area contributed by atoms with Gasteiger partial charge in [-0.25, -0.2) is 9.78 Å². The average molecular weight is 385 g/mol. The van der Waals surface area contributed by atoms with Crippen LogP contribution in [0.3, 0.4) is 0 Å². The average Bonchev–Trinajstić information content (AvgIpc) is 2.46. The Morgan fingerprint density at radius 3 is 2.96 bits per heavy atom. The Labute approximate surface area is 146 Å². The summed E-state index contributed by atoms with van der Waals surface area (Å²) in [6.07, 6.45) is 3.61. The lowest BCUT2D eigenvalue weighted by Crippen LogP contribution is -2.43. The van der Waals surface area contributed by atoms with Crippen molar-refractivity contribution < 1.29 is 14.3 Å². The van der Waals surface area contributed by atoms with Crippen LogP contribution in [0.25, 0.3) is 0 Å². The lowest BCUT2D eigenvalue weighted by Gasteiger charge is -2.34. The summed E-state index contributed by atoms with van der Waals surface area (Å²) in [6.45, 7) is 8.35. The van der Waals surface area contributed by atoms with E-state index in [1.54, 1.807) is 11.1 Å². The normalized spacial score (nSPS) is 18.8. The highest BCUT2D eigenvalue weighted by Gasteiger charge is 2.27. The number of amides is 1. The number of nitrogens with zero attached hydrogens (tertiary/aromatic N) is 2. The number of hydrogen-bond donors (Lipinski definition) is 0. The second kappa shape index (κ2) is 8.11. The largest absolute Gasteiger partial charge is 0.444 e. The Balaban J connectivity index is 1.76. The van der Waals surface area contributed by atoms with E-state index < -0.39 is 5.60 Å². The first-order chi connectivity index (χ1) is 10.8. The molecule has 23 heavy (non-hydrogen) atoms. The molecule has 1 fully saturated rings. The minimum atomic E-state index is -0.449. The minimum Gasteiger partial charge on any atom is -0.444 e. The standard InChI is InChI=1S/C17H25BrN2O3/c1-17(2,3)23-16(21)20-8-4-5-14(10-20)12-22-11-13-6-7-19-15(18)9-13/h6-7,9,14H,4-5,8,10-12H2,1-3H3. The third-order valence-electron chi connectivity index (χ3n) is 3.58. The lowest BCUT2D eigenvalue weighted by molar-refractivity contribution is 0.00592. The van der Waals surface area contributed by atoms with Crippen molar-refractivity contribution in [3.63, 3.8) is 0 Å². The van der Waals surface area contributed by atoms with Gasteiger partial charge in [-0.05, 0) is 67.2 Å². The summed E-state index contributed by atoms with van der Waals surface area (Å²) in [4.78, 5) is 18.0. The molecule has 2 heterocycles. The van der Waals surface area contributed by atoms with Gasteiger partial charge in [-0.3, -0.25) is 0 Å². The zero-order chi connectivity index (χ0) is 16.9. The maximum absolute atomic E-state index is 12.1. The van der Waals surface area contributed by atoms with Crippen molar-refractivity contribution in [2.24, 2.45) is 5.92 Å². The van der Waals surface area contributed by atoms with Crippen molar-refractivity contribution in [1.29, 1.82) is 0 Å². The van der Waals surface area contributed by atoms with Gasteiger partial charge in [0.25, 0.3) is 0 Å². The summed E-state index contributed by atoms with van der Waals surface area (Å²) in [5, 5.41) is 0. The molecule has 5 nitrogen and oxygen atoms in total. The molecule has 0 aromatic carbocycles. The summed E-state index contributed by atoms with van der Waals surface area (Å²) >= 11 is 3.35. The molecular weight excluding hydrogens is 360 g/mol. The molecule has 6 heteroatoms. The molecular formula is C17H25BrN2O3. The number of piperidine rings is 1. The number of rotatable bonds is 4. The van der Waals surface area contributed by atoms with Crippen molar-refractivity contribution in [2.45, 2.75) is 45.8 Å². The van der Waals surface area contributed by atoms with Crippen molar-refractivity contribution >= 4 is 22.0 Å². The van der Waals surface area contributed by atoms with Crippen LogP contribution in [0.4, 0.5) is 4.79 Å². The van der Waals surface area contributed by atoms with Gasteiger partial charge in [-0.15, -0.1) is 0 Å². The number of carbonyl (C=O) groups excluding carboxylic acids is 1. The molecule has 2 rings (SSSR count). The second-order valence-corrected chi connectivity index (χ2v) is 7.75. The number of pyridine rings is 1. The molecule has 1 unspecified atom stereocenters. The number of likely N-dealkylation sites (tertiary alicyclic amines) is 1. The first-order valence-corrected chi connectivity index (χ1v) is 8.79. The molecule has 1 aromatic heterocycles. The molecule has 128 valence electrons. The van der Waals surface area contributed by atoms with E-state index in [-0.39, 0.29) is 6.09 Å². The van der Waals surface area contributed by atoms with E-state index in [9.17, 15) is 4.79 Å². The molecule has 1 saturated heterocycles. The van der Waals surface area contributed by atoms with E-state index in [2.05, 4.69) is 20.9 Å². The monoisotopic (exact) mass is 384 g/mol. The van der Waals surface area contributed by atoms with Gasteiger partial charge in [0.05, 0.1) is 13.2 Å². The van der Waals surface area contributed by atoms with Gasteiger partial charge in [-0.1, -0.05) is 0 Å².